The predicted molar refractivity (Wildman–Crippen MR) is 69.1 cm³/mol. The number of hydrogen-bond acceptors (Lipinski definition) is 4. The standard InChI is InChI=1S/C14H25NO3/c1-14(2,3)18-13(17)10-7-6-9-5-4-8-15-11(9)12(10)16/h9-12,15-16H,4-8H2,1-3H3. The third-order valence-electron chi connectivity index (χ3n) is 3.98. The molecular formula is C14H25NO3. The summed E-state index contributed by atoms with van der Waals surface area (Å²) in [5.41, 5.74) is -0.479. The van der Waals surface area contributed by atoms with E-state index in [1.165, 1.54) is 6.42 Å². The van der Waals surface area contributed by atoms with Crippen LogP contribution in [0.5, 0.6) is 0 Å². The van der Waals surface area contributed by atoms with E-state index in [0.717, 1.165) is 25.8 Å². The minimum atomic E-state index is -0.598. The Bertz CT molecular complexity index is 311. The fourth-order valence-electron chi connectivity index (χ4n) is 3.15. The Morgan fingerprint density at radius 1 is 1.28 bits per heavy atom. The molecule has 104 valence electrons. The summed E-state index contributed by atoms with van der Waals surface area (Å²) < 4.78 is 5.40. The molecule has 4 nitrogen and oxygen atoms in total. The van der Waals surface area contributed by atoms with Crippen LogP contribution >= 0.6 is 0 Å². The molecule has 0 aromatic rings. The molecule has 1 saturated carbocycles. The van der Waals surface area contributed by atoms with E-state index in [-0.39, 0.29) is 17.9 Å². The molecule has 0 bridgehead atoms. The summed E-state index contributed by atoms with van der Waals surface area (Å²) in [7, 11) is 0. The van der Waals surface area contributed by atoms with Crippen LogP contribution in [0.1, 0.15) is 46.5 Å². The van der Waals surface area contributed by atoms with E-state index in [9.17, 15) is 9.90 Å². The van der Waals surface area contributed by atoms with Gasteiger partial charge in [-0.1, -0.05) is 0 Å². The van der Waals surface area contributed by atoms with Gasteiger partial charge in [0.25, 0.3) is 0 Å². The van der Waals surface area contributed by atoms with E-state index in [4.69, 9.17) is 4.74 Å². The molecule has 1 saturated heterocycles. The SMILES string of the molecule is CC(C)(C)OC(=O)C1CCC2CCCNC2C1O. The zero-order valence-corrected chi connectivity index (χ0v) is 11.6. The van der Waals surface area contributed by atoms with Crippen molar-refractivity contribution in [2.45, 2.75) is 64.2 Å². The van der Waals surface area contributed by atoms with E-state index < -0.39 is 11.7 Å². The van der Waals surface area contributed by atoms with Crippen LogP contribution in [0.3, 0.4) is 0 Å². The Hall–Kier alpha value is -0.610. The topological polar surface area (TPSA) is 58.6 Å². The highest BCUT2D eigenvalue weighted by Gasteiger charge is 2.43. The van der Waals surface area contributed by atoms with Gasteiger partial charge in [-0.3, -0.25) is 4.79 Å². The number of ether oxygens (including phenoxy) is 1. The monoisotopic (exact) mass is 255 g/mol. The maximum absolute atomic E-state index is 12.1. The van der Waals surface area contributed by atoms with Crippen LogP contribution in [0.15, 0.2) is 0 Å². The lowest BCUT2D eigenvalue weighted by molar-refractivity contribution is -0.168. The fourth-order valence-corrected chi connectivity index (χ4v) is 3.15. The fraction of sp³-hybridized carbons (Fsp3) is 0.929. The van der Waals surface area contributed by atoms with Crippen LogP contribution in [0, 0.1) is 11.8 Å². The number of piperidine rings is 1. The van der Waals surface area contributed by atoms with Crippen molar-refractivity contribution in [3.8, 4) is 0 Å². The minimum absolute atomic E-state index is 0.0741. The van der Waals surface area contributed by atoms with E-state index in [0.29, 0.717) is 5.92 Å². The molecule has 0 aromatic heterocycles. The highest BCUT2D eigenvalue weighted by Crippen LogP contribution is 2.35. The van der Waals surface area contributed by atoms with Gasteiger partial charge in [0, 0.05) is 6.04 Å². The Kier molecular flexibility index (Phi) is 3.97. The zero-order chi connectivity index (χ0) is 13.3. The van der Waals surface area contributed by atoms with Crippen molar-refractivity contribution in [1.29, 1.82) is 0 Å². The number of esters is 1. The number of aliphatic hydroxyl groups excluding tert-OH is 1. The molecule has 2 aliphatic rings. The quantitative estimate of drug-likeness (QED) is 0.697. The van der Waals surface area contributed by atoms with Gasteiger partial charge in [-0.2, -0.15) is 0 Å². The second-order valence-corrected chi connectivity index (χ2v) is 6.59. The summed E-state index contributed by atoms with van der Waals surface area (Å²) in [6.45, 7) is 6.53. The van der Waals surface area contributed by atoms with Crippen LogP contribution < -0.4 is 5.32 Å². The average molecular weight is 255 g/mol. The van der Waals surface area contributed by atoms with Gasteiger partial charge in [-0.25, -0.2) is 0 Å². The summed E-state index contributed by atoms with van der Waals surface area (Å²) in [5, 5.41) is 13.7. The molecule has 0 aromatic carbocycles. The van der Waals surface area contributed by atoms with Crippen LogP contribution in [-0.2, 0) is 9.53 Å². The molecule has 0 spiro atoms. The van der Waals surface area contributed by atoms with Crippen molar-refractivity contribution < 1.29 is 14.6 Å². The second kappa shape index (κ2) is 5.17. The molecule has 1 aliphatic carbocycles. The molecule has 0 radical (unpaired) electrons. The molecule has 2 rings (SSSR count). The van der Waals surface area contributed by atoms with Crippen molar-refractivity contribution in [2.75, 3.05) is 6.54 Å². The second-order valence-electron chi connectivity index (χ2n) is 6.59. The maximum Gasteiger partial charge on any atom is 0.312 e. The lowest BCUT2D eigenvalue weighted by atomic mass is 9.73. The molecule has 4 heteroatoms. The molecular weight excluding hydrogens is 230 g/mol. The number of fused-ring (bicyclic) bond motifs is 1. The minimum Gasteiger partial charge on any atom is -0.460 e. The van der Waals surface area contributed by atoms with Gasteiger partial charge in [0.15, 0.2) is 0 Å². The summed E-state index contributed by atoms with van der Waals surface area (Å²) in [6.07, 6.45) is 3.50. The zero-order valence-electron chi connectivity index (χ0n) is 11.6. The molecule has 18 heavy (non-hydrogen) atoms. The van der Waals surface area contributed by atoms with E-state index in [2.05, 4.69) is 5.32 Å². The van der Waals surface area contributed by atoms with Crippen LogP contribution in [0.25, 0.3) is 0 Å². The molecule has 1 heterocycles. The van der Waals surface area contributed by atoms with Gasteiger partial charge in [-0.15, -0.1) is 0 Å². The summed E-state index contributed by atoms with van der Waals surface area (Å²) in [4.78, 5) is 12.1. The Balaban J connectivity index is 2.00. The molecule has 4 unspecified atom stereocenters. The van der Waals surface area contributed by atoms with Crippen molar-refractivity contribution in [3.63, 3.8) is 0 Å². The van der Waals surface area contributed by atoms with Gasteiger partial charge >= 0.3 is 5.97 Å². The molecule has 1 aliphatic heterocycles. The van der Waals surface area contributed by atoms with E-state index in [1.807, 2.05) is 20.8 Å². The average Bonchev–Trinajstić information content (AvgIpc) is 2.27. The lowest BCUT2D eigenvalue weighted by Crippen LogP contribution is -2.56. The number of nitrogens with one attached hydrogen (secondary N) is 1. The third-order valence-corrected chi connectivity index (χ3v) is 3.98. The van der Waals surface area contributed by atoms with E-state index in [1.54, 1.807) is 0 Å². The molecule has 2 N–H and O–H groups in total. The van der Waals surface area contributed by atoms with Crippen molar-refractivity contribution in [2.24, 2.45) is 11.8 Å². The number of hydrogen-bond donors (Lipinski definition) is 2. The molecule has 2 fully saturated rings. The third kappa shape index (κ3) is 3.04. The smallest absolute Gasteiger partial charge is 0.312 e. The number of aliphatic hydroxyl groups is 1. The highest BCUT2D eigenvalue weighted by atomic mass is 16.6. The van der Waals surface area contributed by atoms with E-state index >= 15 is 0 Å². The van der Waals surface area contributed by atoms with Crippen LogP contribution in [-0.4, -0.2) is 35.4 Å². The van der Waals surface area contributed by atoms with Gasteiger partial charge in [0.1, 0.15) is 5.60 Å². The van der Waals surface area contributed by atoms with Gasteiger partial charge in [-0.05, 0) is 58.9 Å². The number of carbonyl (C=O) groups is 1. The summed E-state index contributed by atoms with van der Waals surface area (Å²) >= 11 is 0. The number of carbonyl (C=O) groups excluding carboxylic acids is 1. The largest absolute Gasteiger partial charge is 0.460 e. The first kappa shape index (κ1) is 13.8. The summed E-state index contributed by atoms with van der Waals surface area (Å²) in [5.74, 6) is -0.0932. The first-order valence-corrected chi connectivity index (χ1v) is 7.03. The molecule has 0 amide bonds. The van der Waals surface area contributed by atoms with Crippen LogP contribution in [0.2, 0.25) is 0 Å². The Labute approximate surface area is 109 Å². The van der Waals surface area contributed by atoms with Gasteiger partial charge < -0.3 is 15.2 Å². The number of rotatable bonds is 1. The van der Waals surface area contributed by atoms with Crippen molar-refractivity contribution >= 4 is 5.97 Å². The normalized spacial score (nSPS) is 36.9. The highest BCUT2D eigenvalue weighted by molar-refractivity contribution is 5.73. The van der Waals surface area contributed by atoms with Crippen LogP contribution in [0.4, 0.5) is 0 Å². The predicted octanol–water partition coefficient (Wildman–Crippen LogP) is 1.47. The van der Waals surface area contributed by atoms with Gasteiger partial charge in [0.05, 0.1) is 12.0 Å². The summed E-state index contributed by atoms with van der Waals surface area (Å²) in [6, 6.07) is 0.0741. The first-order valence-electron chi connectivity index (χ1n) is 7.03. The first-order chi connectivity index (χ1) is 8.38. The maximum atomic E-state index is 12.1. The van der Waals surface area contributed by atoms with Crippen molar-refractivity contribution in [3.05, 3.63) is 0 Å². The Morgan fingerprint density at radius 2 is 2.00 bits per heavy atom. The Morgan fingerprint density at radius 3 is 2.67 bits per heavy atom. The van der Waals surface area contributed by atoms with Gasteiger partial charge in [0.2, 0.25) is 0 Å². The lowest BCUT2D eigenvalue weighted by Gasteiger charge is -2.43. The van der Waals surface area contributed by atoms with Crippen molar-refractivity contribution in [1.82, 2.24) is 5.32 Å². The molecule has 4 atom stereocenters.